The van der Waals surface area contributed by atoms with E-state index in [1.165, 1.54) is 135 Å². The second kappa shape index (κ2) is 67.8. The number of allylic oxidation sites excluding steroid dienone is 25. The van der Waals surface area contributed by atoms with Gasteiger partial charge in [-0.15, -0.1) is 0 Å². The lowest BCUT2D eigenvalue weighted by Crippen LogP contribution is -2.65. The molecule has 0 bridgehead atoms. The fourth-order valence-corrected chi connectivity index (χ4v) is 11.9. The van der Waals surface area contributed by atoms with Gasteiger partial charge in [0.15, 0.2) is 12.6 Å². The maximum atomic E-state index is 13.4. The van der Waals surface area contributed by atoms with Crippen LogP contribution in [0, 0.1) is 0 Å². The van der Waals surface area contributed by atoms with Gasteiger partial charge in [-0.2, -0.15) is 0 Å². The molecule has 100 heavy (non-hydrogen) atoms. The Morgan fingerprint density at radius 2 is 0.700 bits per heavy atom. The maximum absolute atomic E-state index is 13.4. The van der Waals surface area contributed by atoms with Crippen LogP contribution in [-0.2, 0) is 23.7 Å². The van der Waals surface area contributed by atoms with E-state index in [0.29, 0.717) is 12.8 Å². The smallest absolute Gasteiger partial charge is 0.220 e. The lowest BCUT2D eigenvalue weighted by molar-refractivity contribution is -0.359. The van der Waals surface area contributed by atoms with Crippen molar-refractivity contribution in [3.05, 3.63) is 158 Å². The lowest BCUT2D eigenvalue weighted by atomic mass is 9.97. The van der Waals surface area contributed by atoms with Crippen LogP contribution in [-0.4, -0.2) is 140 Å². The standard InChI is InChI=1S/C86H143NO13/c1-3-5-7-9-11-13-15-17-19-21-23-25-27-29-30-31-32-33-34-35-36-37-38-39-40-41-42-43-44-46-48-50-52-54-56-58-60-62-64-66-68-70-78(91)87-74(73-97-85-83(96)81(94)84(77(72-89)99-85)100-86-82(95)80(93)79(92)76(71-88)98-86)75(90)69-67-65-63-61-59-57-55-53-51-49-47-45-28-26-24-22-20-18-16-14-12-10-8-6-4-2/h5,7,11,13,17,19,23,25,29-30,32-33,35-36,38-39,41-42,44,46,51,53,59,61,67,69,74-77,79-86,88-90,92-96H,3-4,6,8-10,12,14-16,18,20-22,24,26-28,31,34,37,40,43,45,47-50,52,54-58,60,62-66,68,70-73H2,1-2H3,(H,87,91)/b7-5-,13-11-,19-17-,25-23-,30-29-,33-32-,36-35-,39-38-,42-41-,46-44-,53-51+,61-59+,69-67+. The van der Waals surface area contributed by atoms with Crippen molar-refractivity contribution in [1.82, 2.24) is 5.32 Å². The highest BCUT2D eigenvalue weighted by Crippen LogP contribution is 2.30. The molecule has 2 aliphatic heterocycles. The number of ether oxygens (including phenoxy) is 4. The molecule has 14 heteroatoms. The van der Waals surface area contributed by atoms with Gasteiger partial charge in [0.05, 0.1) is 32.0 Å². The summed E-state index contributed by atoms with van der Waals surface area (Å²) in [4.78, 5) is 13.4. The number of hydrogen-bond donors (Lipinski definition) is 9. The summed E-state index contributed by atoms with van der Waals surface area (Å²) in [5, 5.41) is 87.6. The number of hydrogen-bond acceptors (Lipinski definition) is 13. The summed E-state index contributed by atoms with van der Waals surface area (Å²) >= 11 is 0. The van der Waals surface area contributed by atoms with Crippen molar-refractivity contribution >= 4 is 5.91 Å². The van der Waals surface area contributed by atoms with Crippen molar-refractivity contribution in [3.63, 3.8) is 0 Å². The van der Waals surface area contributed by atoms with E-state index in [0.717, 1.165) is 116 Å². The first kappa shape index (κ1) is 91.7. The van der Waals surface area contributed by atoms with Crippen LogP contribution in [0.3, 0.4) is 0 Å². The van der Waals surface area contributed by atoms with Crippen LogP contribution < -0.4 is 5.32 Å². The van der Waals surface area contributed by atoms with Gasteiger partial charge >= 0.3 is 0 Å². The predicted octanol–water partition coefficient (Wildman–Crippen LogP) is 18.1. The summed E-state index contributed by atoms with van der Waals surface area (Å²) in [5.74, 6) is -0.262. The van der Waals surface area contributed by atoms with Crippen molar-refractivity contribution in [2.75, 3.05) is 19.8 Å². The van der Waals surface area contributed by atoms with Crippen molar-refractivity contribution in [1.29, 1.82) is 0 Å². The van der Waals surface area contributed by atoms with Gasteiger partial charge in [0, 0.05) is 6.42 Å². The molecule has 0 aromatic carbocycles. The molecular formula is C86H143NO13. The van der Waals surface area contributed by atoms with Crippen LogP contribution >= 0.6 is 0 Å². The van der Waals surface area contributed by atoms with Crippen molar-refractivity contribution in [2.45, 2.75) is 357 Å². The molecule has 12 atom stereocenters. The summed E-state index contributed by atoms with van der Waals surface area (Å²) in [6.45, 7) is 2.67. The lowest BCUT2D eigenvalue weighted by Gasteiger charge is -2.46. The Morgan fingerprint density at radius 1 is 0.370 bits per heavy atom. The molecule has 2 rings (SSSR count). The molecule has 0 aromatic rings. The highest BCUT2D eigenvalue weighted by atomic mass is 16.7. The van der Waals surface area contributed by atoms with Crippen LogP contribution in [0.25, 0.3) is 0 Å². The number of aliphatic hydroxyl groups excluding tert-OH is 8. The van der Waals surface area contributed by atoms with Gasteiger partial charge in [0.1, 0.15) is 48.8 Å². The van der Waals surface area contributed by atoms with Crippen molar-refractivity contribution in [2.24, 2.45) is 0 Å². The second-order valence-electron chi connectivity index (χ2n) is 27.1. The molecule has 2 fully saturated rings. The van der Waals surface area contributed by atoms with Crippen LogP contribution in [0.5, 0.6) is 0 Å². The van der Waals surface area contributed by atoms with Crippen LogP contribution in [0.2, 0.25) is 0 Å². The molecule has 0 spiro atoms. The zero-order valence-corrected chi connectivity index (χ0v) is 62.4. The Bertz CT molecular complexity index is 2290. The van der Waals surface area contributed by atoms with E-state index in [-0.39, 0.29) is 18.9 Å². The van der Waals surface area contributed by atoms with E-state index in [4.69, 9.17) is 18.9 Å². The number of amides is 1. The third-order valence-corrected chi connectivity index (χ3v) is 18.2. The Kier molecular flexibility index (Phi) is 62.1. The maximum Gasteiger partial charge on any atom is 0.220 e. The highest BCUT2D eigenvalue weighted by Gasteiger charge is 2.51. The van der Waals surface area contributed by atoms with E-state index in [9.17, 15) is 45.6 Å². The number of carbonyl (C=O) groups excluding carboxylic acids is 1. The van der Waals surface area contributed by atoms with Gasteiger partial charge in [-0.3, -0.25) is 4.79 Å². The molecule has 570 valence electrons. The first-order valence-corrected chi connectivity index (χ1v) is 39.7. The number of aliphatic hydroxyl groups is 8. The Morgan fingerprint density at radius 3 is 1.10 bits per heavy atom. The van der Waals surface area contributed by atoms with Crippen molar-refractivity contribution in [3.8, 4) is 0 Å². The third kappa shape index (κ3) is 50.1. The molecule has 9 N–H and O–H groups in total. The molecule has 0 saturated carbocycles. The molecule has 0 aliphatic carbocycles. The van der Waals surface area contributed by atoms with Gasteiger partial charge in [-0.1, -0.05) is 313 Å². The second-order valence-corrected chi connectivity index (χ2v) is 27.1. The van der Waals surface area contributed by atoms with E-state index in [2.05, 4.69) is 165 Å². The van der Waals surface area contributed by atoms with E-state index < -0.39 is 86.8 Å². The minimum absolute atomic E-state index is 0.255. The molecule has 2 heterocycles. The quantitative estimate of drug-likeness (QED) is 0.0204. The first-order valence-electron chi connectivity index (χ1n) is 39.7. The van der Waals surface area contributed by atoms with Crippen LogP contribution in [0.1, 0.15) is 284 Å². The number of carbonyl (C=O) groups is 1. The summed E-state index contributed by atoms with van der Waals surface area (Å²) in [6.07, 6.45) is 87.4. The Labute approximate surface area is 607 Å². The van der Waals surface area contributed by atoms with Crippen molar-refractivity contribution < 1.29 is 64.6 Å². The summed E-state index contributed by atoms with van der Waals surface area (Å²) in [7, 11) is 0. The monoisotopic (exact) mass is 1400 g/mol. The normalized spacial score (nSPS) is 22.7. The Balaban J connectivity index is 1.64. The minimum Gasteiger partial charge on any atom is -0.394 e. The average molecular weight is 1400 g/mol. The fourth-order valence-electron chi connectivity index (χ4n) is 11.9. The molecular weight excluding hydrogens is 1250 g/mol. The number of nitrogens with one attached hydrogen (secondary N) is 1. The van der Waals surface area contributed by atoms with Gasteiger partial charge in [0.25, 0.3) is 0 Å². The van der Waals surface area contributed by atoms with E-state index in [1.54, 1.807) is 6.08 Å². The number of unbranched alkanes of at least 4 members (excludes halogenated alkanes) is 27. The summed E-state index contributed by atoms with van der Waals surface area (Å²) < 4.78 is 22.9. The molecule has 0 radical (unpaired) electrons. The zero-order valence-electron chi connectivity index (χ0n) is 62.4. The molecule has 12 unspecified atom stereocenters. The average Bonchev–Trinajstić information content (AvgIpc) is 0.791. The van der Waals surface area contributed by atoms with Gasteiger partial charge in [0.2, 0.25) is 5.91 Å². The number of rotatable bonds is 64. The topological polar surface area (TPSA) is 228 Å². The Hall–Kier alpha value is -4.39. The van der Waals surface area contributed by atoms with Crippen LogP contribution in [0.15, 0.2) is 158 Å². The largest absolute Gasteiger partial charge is 0.394 e. The minimum atomic E-state index is -1.80. The highest BCUT2D eigenvalue weighted by molar-refractivity contribution is 5.76. The predicted molar refractivity (Wildman–Crippen MR) is 414 cm³/mol. The fraction of sp³-hybridized carbons (Fsp3) is 0.686. The van der Waals surface area contributed by atoms with Gasteiger partial charge in [-0.05, 0) is 122 Å². The van der Waals surface area contributed by atoms with E-state index in [1.807, 2.05) is 6.08 Å². The first-order chi connectivity index (χ1) is 49.1. The molecule has 2 saturated heterocycles. The molecule has 0 aromatic heterocycles. The van der Waals surface area contributed by atoms with Crippen LogP contribution in [0.4, 0.5) is 0 Å². The molecule has 14 nitrogen and oxygen atoms in total. The SMILES string of the molecule is CC/C=C\C/C=C\C/C=C\C/C=C\C/C=C\C/C=C\C/C=C\C/C=C\C/C=C\C/C=C\CCCCCCCCCCCCC(=O)NC(COC1OC(CO)C(OC2OC(CO)C(O)C(O)C2O)C(O)C1O)C(O)/C=C/CC/C=C/CC/C=C/CCCCCCCCCCCCCCCCC. The van der Waals surface area contributed by atoms with Gasteiger partial charge in [-0.25, -0.2) is 0 Å². The summed E-state index contributed by atoms with van der Waals surface area (Å²) in [6, 6.07) is -0.953. The van der Waals surface area contributed by atoms with Gasteiger partial charge < -0.3 is 65.1 Å². The molecule has 2 aliphatic rings. The van der Waals surface area contributed by atoms with E-state index >= 15 is 0 Å². The summed E-state index contributed by atoms with van der Waals surface area (Å²) in [5.41, 5.74) is 0. The molecule has 1 amide bonds. The zero-order chi connectivity index (χ0) is 72.2. The third-order valence-electron chi connectivity index (χ3n) is 18.2.